The van der Waals surface area contributed by atoms with Gasteiger partial charge >= 0.3 is 0 Å². The summed E-state index contributed by atoms with van der Waals surface area (Å²) in [5.41, 5.74) is 1.12. The lowest BCUT2D eigenvalue weighted by Gasteiger charge is -2.23. The predicted molar refractivity (Wildman–Crippen MR) is 86.6 cm³/mol. The third-order valence-corrected chi connectivity index (χ3v) is 3.44. The van der Waals surface area contributed by atoms with E-state index in [9.17, 15) is 4.79 Å². The summed E-state index contributed by atoms with van der Waals surface area (Å²) in [5, 5.41) is 3.53. The van der Waals surface area contributed by atoms with E-state index in [1.807, 2.05) is 18.2 Å². The third-order valence-electron chi connectivity index (χ3n) is 3.44. The molecule has 21 heavy (non-hydrogen) atoms. The van der Waals surface area contributed by atoms with Crippen LogP contribution in [0.15, 0.2) is 24.3 Å². The lowest BCUT2D eigenvalue weighted by molar-refractivity contribution is -0.135. The van der Waals surface area contributed by atoms with Gasteiger partial charge in [0.1, 0.15) is 5.75 Å². The van der Waals surface area contributed by atoms with E-state index in [0.717, 1.165) is 30.7 Å². The fourth-order valence-electron chi connectivity index (χ4n) is 2.27. The van der Waals surface area contributed by atoms with Crippen LogP contribution in [0, 0.1) is 0 Å². The minimum absolute atomic E-state index is 0.0284. The highest BCUT2D eigenvalue weighted by molar-refractivity contribution is 5.80. The van der Waals surface area contributed by atoms with Crippen LogP contribution in [0.3, 0.4) is 0 Å². The molecule has 1 aromatic rings. The van der Waals surface area contributed by atoms with E-state index < -0.39 is 6.10 Å². The lowest BCUT2D eigenvalue weighted by atomic mass is 10.0. The molecule has 2 unspecified atom stereocenters. The summed E-state index contributed by atoms with van der Waals surface area (Å²) in [7, 11) is 3.48. The molecule has 4 nitrogen and oxygen atoms in total. The fraction of sp³-hybridized carbons (Fsp3) is 0.588. The molecule has 1 aromatic carbocycles. The van der Waals surface area contributed by atoms with Crippen molar-refractivity contribution in [2.45, 2.75) is 45.8 Å². The number of para-hydroxylation sites is 1. The van der Waals surface area contributed by atoms with Gasteiger partial charge < -0.3 is 15.0 Å². The van der Waals surface area contributed by atoms with Gasteiger partial charge in [0.05, 0.1) is 0 Å². The second kappa shape index (κ2) is 8.67. The Kier molecular flexibility index (Phi) is 7.23. The van der Waals surface area contributed by atoms with Crippen molar-refractivity contribution in [3.8, 4) is 5.75 Å². The smallest absolute Gasteiger partial charge is 0.262 e. The number of ether oxygens (including phenoxy) is 1. The number of carbonyl (C=O) groups is 1. The van der Waals surface area contributed by atoms with Crippen molar-refractivity contribution in [1.82, 2.24) is 10.2 Å². The highest BCUT2D eigenvalue weighted by Gasteiger charge is 2.20. The van der Waals surface area contributed by atoms with E-state index in [4.69, 9.17) is 4.74 Å². The number of rotatable bonds is 8. The number of nitrogens with one attached hydrogen (secondary N) is 1. The SMILES string of the molecule is CCCNC(CC)c1ccccc1OC(C)C(=O)N(C)C. The van der Waals surface area contributed by atoms with Crippen molar-refractivity contribution in [2.75, 3.05) is 20.6 Å². The van der Waals surface area contributed by atoms with E-state index in [2.05, 4.69) is 25.2 Å². The standard InChI is InChI=1S/C17H28N2O2/c1-6-12-18-15(7-2)14-10-8-9-11-16(14)21-13(3)17(20)19(4)5/h8-11,13,15,18H,6-7,12H2,1-5H3. The molecule has 0 aromatic heterocycles. The topological polar surface area (TPSA) is 41.6 Å². The van der Waals surface area contributed by atoms with E-state index in [-0.39, 0.29) is 11.9 Å². The average Bonchev–Trinajstić information content (AvgIpc) is 2.48. The molecule has 0 heterocycles. The summed E-state index contributed by atoms with van der Waals surface area (Å²) in [5.74, 6) is 0.759. The minimum atomic E-state index is -0.482. The molecule has 0 saturated carbocycles. The Labute approximate surface area is 128 Å². The summed E-state index contributed by atoms with van der Waals surface area (Å²) >= 11 is 0. The quantitative estimate of drug-likeness (QED) is 0.801. The summed E-state index contributed by atoms with van der Waals surface area (Å²) < 4.78 is 5.90. The van der Waals surface area contributed by atoms with Gasteiger partial charge in [-0.25, -0.2) is 0 Å². The van der Waals surface area contributed by atoms with Crippen molar-refractivity contribution in [1.29, 1.82) is 0 Å². The van der Waals surface area contributed by atoms with Gasteiger partial charge in [0.15, 0.2) is 6.10 Å². The molecule has 0 aliphatic carbocycles. The molecule has 0 aliphatic rings. The molecule has 0 radical (unpaired) electrons. The lowest BCUT2D eigenvalue weighted by Crippen LogP contribution is -2.35. The van der Waals surface area contributed by atoms with Gasteiger partial charge in [0.25, 0.3) is 5.91 Å². The summed E-state index contributed by atoms with van der Waals surface area (Å²) in [6.45, 7) is 7.07. The molecule has 0 saturated heterocycles. The van der Waals surface area contributed by atoms with Crippen molar-refractivity contribution in [2.24, 2.45) is 0 Å². The minimum Gasteiger partial charge on any atom is -0.481 e. The molecule has 2 atom stereocenters. The number of nitrogens with zero attached hydrogens (tertiary/aromatic N) is 1. The van der Waals surface area contributed by atoms with Gasteiger partial charge in [-0.2, -0.15) is 0 Å². The largest absolute Gasteiger partial charge is 0.481 e. The Balaban J connectivity index is 2.90. The van der Waals surface area contributed by atoms with Crippen LogP contribution >= 0.6 is 0 Å². The summed E-state index contributed by atoms with van der Waals surface area (Å²) in [6, 6.07) is 8.21. The molecule has 1 N–H and O–H groups in total. The zero-order chi connectivity index (χ0) is 15.8. The summed E-state index contributed by atoms with van der Waals surface area (Å²) in [6.07, 6.45) is 1.59. The van der Waals surface area contributed by atoms with Gasteiger partial charge in [-0.3, -0.25) is 4.79 Å². The van der Waals surface area contributed by atoms with Gasteiger partial charge in [-0.1, -0.05) is 32.0 Å². The Morgan fingerprint density at radius 1 is 1.29 bits per heavy atom. The molecule has 0 bridgehead atoms. The first-order chi connectivity index (χ1) is 10.0. The Morgan fingerprint density at radius 3 is 2.52 bits per heavy atom. The monoisotopic (exact) mass is 292 g/mol. The van der Waals surface area contributed by atoms with Crippen molar-refractivity contribution < 1.29 is 9.53 Å². The van der Waals surface area contributed by atoms with Crippen LogP contribution in [0.4, 0.5) is 0 Å². The molecular weight excluding hydrogens is 264 g/mol. The van der Waals surface area contributed by atoms with E-state index >= 15 is 0 Å². The third kappa shape index (κ3) is 5.05. The first-order valence-electron chi connectivity index (χ1n) is 7.71. The first-order valence-corrected chi connectivity index (χ1v) is 7.71. The van der Waals surface area contributed by atoms with Crippen molar-refractivity contribution in [3.05, 3.63) is 29.8 Å². The molecule has 4 heteroatoms. The van der Waals surface area contributed by atoms with E-state index in [0.29, 0.717) is 0 Å². The molecule has 118 valence electrons. The maximum absolute atomic E-state index is 12.0. The maximum Gasteiger partial charge on any atom is 0.262 e. The predicted octanol–water partition coefficient (Wildman–Crippen LogP) is 2.99. The molecular formula is C17H28N2O2. The number of hydrogen-bond donors (Lipinski definition) is 1. The molecule has 0 spiro atoms. The first kappa shape index (κ1) is 17.5. The zero-order valence-corrected chi connectivity index (χ0v) is 13.8. The molecule has 1 amide bonds. The zero-order valence-electron chi connectivity index (χ0n) is 13.8. The Morgan fingerprint density at radius 2 is 1.95 bits per heavy atom. The van der Waals surface area contributed by atoms with Gasteiger partial charge in [0, 0.05) is 25.7 Å². The Hall–Kier alpha value is -1.55. The molecule has 1 rings (SSSR count). The van der Waals surface area contributed by atoms with Crippen LogP contribution < -0.4 is 10.1 Å². The second-order valence-electron chi connectivity index (χ2n) is 5.45. The van der Waals surface area contributed by atoms with E-state index in [1.165, 1.54) is 0 Å². The van der Waals surface area contributed by atoms with Gasteiger partial charge in [-0.15, -0.1) is 0 Å². The normalized spacial score (nSPS) is 13.6. The highest BCUT2D eigenvalue weighted by Crippen LogP contribution is 2.28. The summed E-state index contributed by atoms with van der Waals surface area (Å²) in [4.78, 5) is 13.5. The van der Waals surface area contributed by atoms with Crippen LogP contribution in [-0.2, 0) is 4.79 Å². The number of amides is 1. The number of carbonyl (C=O) groups excluding carboxylic acids is 1. The molecule has 0 fully saturated rings. The Bertz CT molecular complexity index is 446. The van der Waals surface area contributed by atoms with Crippen LogP contribution in [-0.4, -0.2) is 37.6 Å². The van der Waals surface area contributed by atoms with Gasteiger partial charge in [-0.05, 0) is 32.4 Å². The van der Waals surface area contributed by atoms with Crippen LogP contribution in [0.2, 0.25) is 0 Å². The number of likely N-dealkylation sites (N-methyl/N-ethyl adjacent to an activating group) is 1. The highest BCUT2D eigenvalue weighted by atomic mass is 16.5. The van der Waals surface area contributed by atoms with Crippen LogP contribution in [0.25, 0.3) is 0 Å². The number of benzene rings is 1. The van der Waals surface area contributed by atoms with E-state index in [1.54, 1.807) is 25.9 Å². The van der Waals surface area contributed by atoms with Crippen molar-refractivity contribution >= 4 is 5.91 Å². The van der Waals surface area contributed by atoms with Crippen LogP contribution in [0.1, 0.15) is 45.2 Å². The van der Waals surface area contributed by atoms with Crippen molar-refractivity contribution in [3.63, 3.8) is 0 Å². The van der Waals surface area contributed by atoms with Gasteiger partial charge in [0.2, 0.25) is 0 Å². The maximum atomic E-state index is 12.0. The van der Waals surface area contributed by atoms with Crippen LogP contribution in [0.5, 0.6) is 5.75 Å². The fourth-order valence-corrected chi connectivity index (χ4v) is 2.27. The second-order valence-corrected chi connectivity index (χ2v) is 5.45. The average molecular weight is 292 g/mol. The molecule has 0 aliphatic heterocycles. The number of hydrogen-bond acceptors (Lipinski definition) is 3.